The summed E-state index contributed by atoms with van der Waals surface area (Å²) in [6, 6.07) is 9.32. The summed E-state index contributed by atoms with van der Waals surface area (Å²) >= 11 is 1.81. The topological polar surface area (TPSA) is 55.4 Å². The van der Waals surface area contributed by atoms with Crippen LogP contribution in [0.4, 0.5) is 10.1 Å². The Bertz CT molecular complexity index is 761. The smallest absolute Gasteiger partial charge is 0.262 e. The minimum atomic E-state index is -3.79. The number of benzene rings is 2. The number of anilines is 1. The molecule has 0 spiro atoms. The van der Waals surface area contributed by atoms with Gasteiger partial charge < -0.3 is 4.74 Å². The molecule has 0 bridgehead atoms. The largest absolute Gasteiger partial charge is 0.492 e. The molecule has 21 heavy (non-hydrogen) atoms. The summed E-state index contributed by atoms with van der Waals surface area (Å²) < 4.78 is 46.1. The highest BCUT2D eigenvalue weighted by Crippen LogP contribution is 2.32. The second-order valence-electron chi connectivity index (χ2n) is 4.36. The molecular weight excluding hydrogens is 408 g/mol. The number of rotatable bonds is 4. The van der Waals surface area contributed by atoms with E-state index in [1.54, 1.807) is 12.1 Å². The van der Waals surface area contributed by atoms with Crippen LogP contribution < -0.4 is 9.46 Å². The first kappa shape index (κ1) is 16.0. The fourth-order valence-electron chi connectivity index (χ4n) is 1.73. The summed E-state index contributed by atoms with van der Waals surface area (Å²) in [7, 11) is -2.50. The van der Waals surface area contributed by atoms with Gasteiger partial charge in [0.1, 0.15) is 0 Å². The first-order valence-corrected chi connectivity index (χ1v) is 8.53. The molecule has 0 amide bonds. The average Bonchev–Trinajstić information content (AvgIpc) is 2.43. The van der Waals surface area contributed by atoms with Crippen LogP contribution in [-0.2, 0) is 10.0 Å². The van der Waals surface area contributed by atoms with Crippen LogP contribution in [0.15, 0.2) is 41.3 Å². The minimum Gasteiger partial charge on any atom is -0.492 e. The Labute approximate surface area is 136 Å². The van der Waals surface area contributed by atoms with E-state index in [0.29, 0.717) is 3.57 Å². The van der Waals surface area contributed by atoms with Gasteiger partial charge in [-0.15, -0.1) is 0 Å². The van der Waals surface area contributed by atoms with Crippen LogP contribution in [0.1, 0.15) is 5.56 Å². The maximum Gasteiger partial charge on any atom is 0.262 e. The van der Waals surface area contributed by atoms with Crippen molar-refractivity contribution in [1.82, 2.24) is 0 Å². The highest BCUT2D eigenvalue weighted by molar-refractivity contribution is 14.1. The summed E-state index contributed by atoms with van der Waals surface area (Å²) in [5.74, 6) is -0.722. The van der Waals surface area contributed by atoms with Crippen molar-refractivity contribution in [1.29, 1.82) is 0 Å². The summed E-state index contributed by atoms with van der Waals surface area (Å²) in [6.45, 7) is 1.86. The molecule has 0 aromatic heterocycles. The zero-order chi connectivity index (χ0) is 15.6. The molecule has 0 aliphatic carbocycles. The molecule has 0 fully saturated rings. The van der Waals surface area contributed by atoms with Crippen molar-refractivity contribution < 1.29 is 17.5 Å². The second-order valence-corrected chi connectivity index (χ2v) is 7.21. The summed E-state index contributed by atoms with van der Waals surface area (Å²) in [5.41, 5.74) is 1.02. The third-order valence-corrected chi connectivity index (χ3v) is 5.04. The Balaban J connectivity index is 2.42. The molecule has 0 saturated carbocycles. The summed E-state index contributed by atoms with van der Waals surface area (Å²) in [6.07, 6.45) is 0. The van der Waals surface area contributed by atoms with E-state index < -0.39 is 15.8 Å². The standard InChI is InChI=1S/C14H13FINO3S/c1-9-3-5-10(6-4-9)21(18,19)17-12-8-7-11(16)13(15)14(12)20-2/h3-8,17H,1-2H3. The maximum absolute atomic E-state index is 13.9. The van der Waals surface area contributed by atoms with Crippen LogP contribution in [0.3, 0.4) is 0 Å². The van der Waals surface area contributed by atoms with Crippen molar-refractivity contribution in [3.8, 4) is 5.75 Å². The molecule has 0 heterocycles. The summed E-state index contributed by atoms with van der Waals surface area (Å²) in [4.78, 5) is 0.106. The number of methoxy groups -OCH3 is 1. The van der Waals surface area contributed by atoms with Crippen molar-refractivity contribution >= 4 is 38.3 Å². The van der Waals surface area contributed by atoms with Crippen molar-refractivity contribution in [3.63, 3.8) is 0 Å². The van der Waals surface area contributed by atoms with Crippen molar-refractivity contribution in [2.45, 2.75) is 11.8 Å². The third kappa shape index (κ3) is 3.46. The highest BCUT2D eigenvalue weighted by atomic mass is 127. The van der Waals surface area contributed by atoms with E-state index in [0.717, 1.165) is 5.56 Å². The Morgan fingerprint density at radius 1 is 1.14 bits per heavy atom. The zero-order valence-electron chi connectivity index (χ0n) is 11.4. The molecule has 1 N–H and O–H groups in total. The quantitative estimate of drug-likeness (QED) is 0.769. The van der Waals surface area contributed by atoms with Crippen molar-refractivity contribution in [2.24, 2.45) is 0 Å². The minimum absolute atomic E-state index is 0.0657. The molecule has 0 atom stereocenters. The lowest BCUT2D eigenvalue weighted by molar-refractivity contribution is 0.387. The predicted molar refractivity (Wildman–Crippen MR) is 87.7 cm³/mol. The molecule has 2 aromatic rings. The first-order chi connectivity index (χ1) is 9.85. The second kappa shape index (κ2) is 6.18. The van der Waals surface area contributed by atoms with Gasteiger partial charge in [-0.3, -0.25) is 4.72 Å². The Morgan fingerprint density at radius 3 is 2.33 bits per heavy atom. The van der Waals surface area contributed by atoms with Gasteiger partial charge in [0.05, 0.1) is 21.3 Å². The van der Waals surface area contributed by atoms with Gasteiger partial charge >= 0.3 is 0 Å². The molecule has 0 saturated heterocycles. The van der Waals surface area contributed by atoms with Crippen LogP contribution >= 0.6 is 22.6 Å². The molecule has 4 nitrogen and oxygen atoms in total. The van der Waals surface area contributed by atoms with E-state index in [4.69, 9.17) is 4.74 Å². The van der Waals surface area contributed by atoms with Gasteiger partial charge in [0.15, 0.2) is 11.6 Å². The number of ether oxygens (including phenoxy) is 1. The fraction of sp³-hybridized carbons (Fsp3) is 0.143. The monoisotopic (exact) mass is 421 g/mol. The van der Waals surface area contributed by atoms with E-state index in [9.17, 15) is 12.8 Å². The Kier molecular flexibility index (Phi) is 4.72. The SMILES string of the molecule is COc1c(NS(=O)(=O)c2ccc(C)cc2)ccc(I)c1F. The molecule has 0 unspecified atom stereocenters. The predicted octanol–water partition coefficient (Wildman–Crippen LogP) is 3.55. The highest BCUT2D eigenvalue weighted by Gasteiger charge is 2.19. The molecule has 112 valence electrons. The van der Waals surface area contributed by atoms with Crippen LogP contribution in [0.25, 0.3) is 0 Å². The van der Waals surface area contributed by atoms with Gasteiger partial charge in [0.2, 0.25) is 0 Å². The number of aryl methyl sites for hydroxylation is 1. The normalized spacial score (nSPS) is 11.2. The first-order valence-electron chi connectivity index (χ1n) is 5.96. The maximum atomic E-state index is 13.9. The number of hydrogen-bond acceptors (Lipinski definition) is 3. The van der Waals surface area contributed by atoms with E-state index in [1.165, 1.54) is 31.4 Å². The van der Waals surface area contributed by atoms with Gasteiger partial charge in [-0.1, -0.05) is 17.7 Å². The molecule has 2 rings (SSSR count). The van der Waals surface area contributed by atoms with Crippen LogP contribution in [0.5, 0.6) is 5.75 Å². The number of hydrogen-bond donors (Lipinski definition) is 1. The van der Waals surface area contributed by atoms with Gasteiger partial charge in [-0.2, -0.15) is 0 Å². The van der Waals surface area contributed by atoms with Gasteiger partial charge in [-0.05, 0) is 53.8 Å². The van der Waals surface area contributed by atoms with E-state index >= 15 is 0 Å². The average molecular weight is 421 g/mol. The Hall–Kier alpha value is -1.35. The lowest BCUT2D eigenvalue weighted by atomic mass is 10.2. The molecular formula is C14H13FINO3S. The molecule has 7 heteroatoms. The molecule has 0 aliphatic rings. The fourth-order valence-corrected chi connectivity index (χ4v) is 3.22. The number of halogens is 2. The number of sulfonamides is 1. The molecule has 0 radical (unpaired) electrons. The molecule has 2 aromatic carbocycles. The van der Waals surface area contributed by atoms with Gasteiger partial charge in [0, 0.05) is 0 Å². The zero-order valence-corrected chi connectivity index (χ0v) is 14.3. The van der Waals surface area contributed by atoms with Crippen LogP contribution in [0.2, 0.25) is 0 Å². The lowest BCUT2D eigenvalue weighted by Gasteiger charge is -2.13. The summed E-state index contributed by atoms with van der Waals surface area (Å²) in [5, 5.41) is 0. The number of nitrogens with one attached hydrogen (secondary N) is 1. The van der Waals surface area contributed by atoms with Crippen LogP contribution in [0, 0.1) is 16.3 Å². The molecule has 0 aliphatic heterocycles. The van der Waals surface area contributed by atoms with E-state index in [2.05, 4.69) is 4.72 Å². The van der Waals surface area contributed by atoms with Gasteiger partial charge in [0.25, 0.3) is 10.0 Å². The van der Waals surface area contributed by atoms with Crippen molar-refractivity contribution in [2.75, 3.05) is 11.8 Å². The van der Waals surface area contributed by atoms with E-state index in [1.807, 2.05) is 29.5 Å². The lowest BCUT2D eigenvalue weighted by Crippen LogP contribution is -2.14. The van der Waals surface area contributed by atoms with Crippen LogP contribution in [-0.4, -0.2) is 15.5 Å². The Morgan fingerprint density at radius 2 is 1.76 bits per heavy atom. The third-order valence-electron chi connectivity index (χ3n) is 2.83. The van der Waals surface area contributed by atoms with Crippen molar-refractivity contribution in [3.05, 3.63) is 51.3 Å². The van der Waals surface area contributed by atoms with Gasteiger partial charge in [-0.25, -0.2) is 12.8 Å². The van der Waals surface area contributed by atoms with E-state index in [-0.39, 0.29) is 16.3 Å².